The highest BCUT2D eigenvalue weighted by molar-refractivity contribution is 6.09. The summed E-state index contributed by atoms with van der Waals surface area (Å²) in [6, 6.07) is 3.86. The number of hydrogen-bond donors (Lipinski definition) is 1. The van der Waals surface area contributed by atoms with Gasteiger partial charge in [0.05, 0.1) is 5.56 Å². The first-order chi connectivity index (χ1) is 11.6. The van der Waals surface area contributed by atoms with Crippen LogP contribution in [0.15, 0.2) is 18.2 Å². The number of nitrogens with one attached hydrogen (secondary N) is 1. The number of carbonyl (C=O) groups excluding carboxylic acids is 2. The highest BCUT2D eigenvalue weighted by Gasteiger charge is 2.38. The average molecular weight is 350 g/mol. The second kappa shape index (κ2) is 5.75. The van der Waals surface area contributed by atoms with E-state index in [9.17, 15) is 22.8 Å². The van der Waals surface area contributed by atoms with Gasteiger partial charge in [-0.15, -0.1) is 0 Å². The summed E-state index contributed by atoms with van der Waals surface area (Å²) < 4.78 is 39.5. The fourth-order valence-electron chi connectivity index (χ4n) is 3.54. The van der Waals surface area contributed by atoms with E-state index in [-0.39, 0.29) is 35.7 Å². The normalized spacial score (nSPS) is 13.9. The minimum absolute atomic E-state index is 0.135. The van der Waals surface area contributed by atoms with Gasteiger partial charge >= 0.3 is 6.18 Å². The average Bonchev–Trinajstić information content (AvgIpc) is 3.06. The number of H-pyrrole nitrogens is 1. The van der Waals surface area contributed by atoms with Crippen LogP contribution in [0.25, 0.3) is 0 Å². The zero-order valence-corrected chi connectivity index (χ0v) is 14.0. The van der Waals surface area contributed by atoms with Crippen molar-refractivity contribution >= 4 is 17.4 Å². The standard InChI is InChI=1S/C18H17F3N2O2/c1-9-15(11(3)24)10(2)22-16(9)17(25)23-8-7-12-13(18(19,20)21)5-4-6-14(12)23/h4-6,22H,7-8H2,1-3H3. The third-order valence-electron chi connectivity index (χ3n) is 4.58. The van der Waals surface area contributed by atoms with Gasteiger partial charge in [-0.1, -0.05) is 6.07 Å². The number of nitrogens with zero attached hydrogens (tertiary/aromatic N) is 1. The van der Waals surface area contributed by atoms with Gasteiger partial charge in [0.15, 0.2) is 5.78 Å². The van der Waals surface area contributed by atoms with Crippen LogP contribution in [0, 0.1) is 13.8 Å². The fourth-order valence-corrected chi connectivity index (χ4v) is 3.54. The van der Waals surface area contributed by atoms with Crippen LogP contribution in [-0.4, -0.2) is 23.2 Å². The van der Waals surface area contributed by atoms with Crippen molar-refractivity contribution in [2.75, 3.05) is 11.4 Å². The number of rotatable bonds is 2. The van der Waals surface area contributed by atoms with E-state index in [1.807, 2.05) is 0 Å². The topological polar surface area (TPSA) is 53.2 Å². The van der Waals surface area contributed by atoms with Gasteiger partial charge in [-0.2, -0.15) is 13.2 Å². The maximum absolute atomic E-state index is 13.2. The van der Waals surface area contributed by atoms with Gasteiger partial charge in [-0.25, -0.2) is 0 Å². The molecule has 0 bridgehead atoms. The molecule has 0 fully saturated rings. The quantitative estimate of drug-likeness (QED) is 0.831. The van der Waals surface area contributed by atoms with E-state index < -0.39 is 17.6 Å². The second-order valence-corrected chi connectivity index (χ2v) is 6.19. The van der Waals surface area contributed by atoms with Gasteiger partial charge in [0.2, 0.25) is 0 Å². The summed E-state index contributed by atoms with van der Waals surface area (Å²) in [7, 11) is 0. The maximum Gasteiger partial charge on any atom is 0.416 e. The predicted molar refractivity (Wildman–Crippen MR) is 87.1 cm³/mol. The van der Waals surface area contributed by atoms with Crippen molar-refractivity contribution in [1.82, 2.24) is 4.98 Å². The Balaban J connectivity index is 2.04. The Morgan fingerprint density at radius 2 is 1.88 bits per heavy atom. The van der Waals surface area contributed by atoms with Crippen LogP contribution in [-0.2, 0) is 12.6 Å². The smallest absolute Gasteiger partial charge is 0.354 e. The Bertz CT molecular complexity index is 881. The van der Waals surface area contributed by atoms with Gasteiger partial charge in [0, 0.05) is 23.5 Å². The first-order valence-electron chi connectivity index (χ1n) is 7.84. The molecule has 2 heterocycles. The zero-order valence-electron chi connectivity index (χ0n) is 14.0. The van der Waals surface area contributed by atoms with Crippen molar-refractivity contribution < 1.29 is 22.8 Å². The largest absolute Gasteiger partial charge is 0.416 e. The number of anilines is 1. The number of ketones is 1. The lowest BCUT2D eigenvalue weighted by molar-refractivity contribution is -0.138. The van der Waals surface area contributed by atoms with Crippen molar-refractivity contribution in [3.8, 4) is 0 Å². The highest BCUT2D eigenvalue weighted by Crippen LogP contribution is 2.40. The van der Waals surface area contributed by atoms with E-state index in [4.69, 9.17) is 0 Å². The molecule has 0 atom stereocenters. The van der Waals surface area contributed by atoms with Gasteiger partial charge in [0.1, 0.15) is 5.69 Å². The van der Waals surface area contributed by atoms with Crippen molar-refractivity contribution in [2.24, 2.45) is 0 Å². The molecule has 1 aliphatic heterocycles. The Labute approximate surface area is 142 Å². The molecule has 0 spiro atoms. The van der Waals surface area contributed by atoms with Crippen LogP contribution in [0.3, 0.4) is 0 Å². The van der Waals surface area contributed by atoms with Gasteiger partial charge in [-0.3, -0.25) is 9.59 Å². The van der Waals surface area contributed by atoms with Crippen LogP contribution in [0.5, 0.6) is 0 Å². The number of alkyl halides is 3. The number of aryl methyl sites for hydroxylation is 1. The number of carbonyl (C=O) groups is 2. The predicted octanol–water partition coefficient (Wildman–Crippen LogP) is 4.06. The minimum Gasteiger partial charge on any atom is -0.354 e. The molecule has 0 radical (unpaired) electrons. The Morgan fingerprint density at radius 3 is 2.44 bits per heavy atom. The minimum atomic E-state index is -4.45. The molecule has 132 valence electrons. The molecule has 1 aromatic heterocycles. The molecule has 7 heteroatoms. The summed E-state index contributed by atoms with van der Waals surface area (Å²) in [5, 5.41) is 0. The molecular weight excluding hydrogens is 333 g/mol. The van der Waals surface area contributed by atoms with Crippen molar-refractivity contribution in [3.05, 3.63) is 51.8 Å². The molecule has 4 nitrogen and oxygen atoms in total. The second-order valence-electron chi connectivity index (χ2n) is 6.19. The lowest BCUT2D eigenvalue weighted by Crippen LogP contribution is -2.29. The number of aromatic nitrogens is 1. The van der Waals surface area contributed by atoms with Crippen molar-refractivity contribution in [3.63, 3.8) is 0 Å². The molecule has 0 saturated heterocycles. The number of Topliss-reactive ketones (excluding diaryl/α,β-unsaturated/α-hetero) is 1. The number of halogens is 3. The van der Waals surface area contributed by atoms with Crippen LogP contribution < -0.4 is 4.90 Å². The molecular formula is C18H17F3N2O2. The molecule has 1 aromatic carbocycles. The molecule has 0 aliphatic carbocycles. The third-order valence-corrected chi connectivity index (χ3v) is 4.58. The lowest BCUT2D eigenvalue weighted by atomic mass is 10.0. The Kier molecular flexibility index (Phi) is 3.97. The van der Waals surface area contributed by atoms with Gasteiger partial charge in [0.25, 0.3) is 5.91 Å². The van der Waals surface area contributed by atoms with Crippen molar-refractivity contribution in [1.29, 1.82) is 0 Å². The number of aromatic amines is 1. The number of amides is 1. The molecule has 3 rings (SSSR count). The third kappa shape index (κ3) is 2.73. The lowest BCUT2D eigenvalue weighted by Gasteiger charge is -2.18. The Morgan fingerprint density at radius 1 is 1.20 bits per heavy atom. The molecule has 25 heavy (non-hydrogen) atoms. The van der Waals surface area contributed by atoms with E-state index in [1.165, 1.54) is 24.0 Å². The first kappa shape index (κ1) is 17.3. The summed E-state index contributed by atoms with van der Waals surface area (Å²) in [5.41, 5.74) is 1.50. The van der Waals surface area contributed by atoms with E-state index >= 15 is 0 Å². The summed E-state index contributed by atoms with van der Waals surface area (Å²) in [5.74, 6) is -0.586. The molecule has 1 N–H and O–H groups in total. The molecule has 1 amide bonds. The molecule has 0 unspecified atom stereocenters. The summed E-state index contributed by atoms with van der Waals surface area (Å²) in [6.07, 6.45) is -4.31. The SMILES string of the molecule is CC(=O)c1c(C)[nH]c(C(=O)N2CCc3c2cccc3C(F)(F)F)c1C. The zero-order chi connectivity index (χ0) is 18.5. The van der Waals surface area contributed by atoms with E-state index in [2.05, 4.69) is 4.98 Å². The van der Waals surface area contributed by atoms with Gasteiger partial charge < -0.3 is 9.88 Å². The first-order valence-corrected chi connectivity index (χ1v) is 7.84. The van der Waals surface area contributed by atoms with Crippen LogP contribution in [0.1, 0.15) is 50.2 Å². The highest BCUT2D eigenvalue weighted by atomic mass is 19.4. The Hall–Kier alpha value is -2.57. The number of benzene rings is 1. The van der Waals surface area contributed by atoms with Crippen LogP contribution in [0.2, 0.25) is 0 Å². The monoisotopic (exact) mass is 350 g/mol. The van der Waals surface area contributed by atoms with Crippen LogP contribution in [0.4, 0.5) is 18.9 Å². The summed E-state index contributed by atoms with van der Waals surface area (Å²) in [4.78, 5) is 28.9. The maximum atomic E-state index is 13.2. The molecule has 1 aliphatic rings. The van der Waals surface area contributed by atoms with E-state index in [0.29, 0.717) is 16.8 Å². The summed E-state index contributed by atoms with van der Waals surface area (Å²) in [6.45, 7) is 4.95. The number of fused-ring (bicyclic) bond motifs is 1. The fraction of sp³-hybridized carbons (Fsp3) is 0.333. The summed E-state index contributed by atoms with van der Waals surface area (Å²) >= 11 is 0. The number of hydrogen-bond acceptors (Lipinski definition) is 2. The van der Waals surface area contributed by atoms with Crippen molar-refractivity contribution in [2.45, 2.75) is 33.4 Å². The molecule has 0 saturated carbocycles. The molecule has 2 aromatic rings. The van der Waals surface area contributed by atoms with E-state index in [0.717, 1.165) is 6.07 Å². The van der Waals surface area contributed by atoms with E-state index in [1.54, 1.807) is 13.8 Å². The van der Waals surface area contributed by atoms with Gasteiger partial charge in [-0.05, 0) is 50.5 Å². The van der Waals surface area contributed by atoms with Crippen LogP contribution >= 0.6 is 0 Å².